The van der Waals surface area contributed by atoms with Crippen molar-refractivity contribution >= 4 is 11.7 Å². The minimum Gasteiger partial charge on any atom is -0.465 e. The Morgan fingerprint density at radius 1 is 1.30 bits per heavy atom. The molecular weight excluding hydrogens is 292 g/mol. The number of nitrogens with zero attached hydrogens (tertiary/aromatic N) is 1. The fourth-order valence-corrected chi connectivity index (χ4v) is 2.74. The van der Waals surface area contributed by atoms with Crippen LogP contribution in [0.4, 0.5) is 5.69 Å². The van der Waals surface area contributed by atoms with Crippen LogP contribution in [-0.4, -0.2) is 32.2 Å². The van der Waals surface area contributed by atoms with Crippen LogP contribution in [0, 0.1) is 6.92 Å². The smallest absolute Gasteiger partial charge is 0.343 e. The molecule has 1 aromatic heterocycles. The maximum atomic E-state index is 12.5. The lowest BCUT2D eigenvalue weighted by Crippen LogP contribution is -2.21. The molecule has 0 radical (unpaired) electrons. The summed E-state index contributed by atoms with van der Waals surface area (Å²) in [7, 11) is 5.25. The average Bonchev–Trinajstić information content (AvgIpc) is 2.53. The Labute approximate surface area is 135 Å². The number of carbonyl (C=O) groups excluding carboxylic acids is 1. The Morgan fingerprint density at radius 2 is 2.00 bits per heavy atom. The SMILES string of the molecule is CCc1c(-c2ccc(N(C)C)c(C)c2)[nH]cc(C(=O)OC)c1=O. The van der Waals surface area contributed by atoms with Crippen LogP contribution in [0.15, 0.2) is 29.2 Å². The van der Waals surface area contributed by atoms with Crippen molar-refractivity contribution in [3.8, 4) is 11.3 Å². The number of ether oxygens (including phenoxy) is 1. The van der Waals surface area contributed by atoms with Gasteiger partial charge in [0.2, 0.25) is 0 Å². The van der Waals surface area contributed by atoms with Crippen LogP contribution >= 0.6 is 0 Å². The van der Waals surface area contributed by atoms with Crippen molar-refractivity contribution in [1.82, 2.24) is 4.98 Å². The number of esters is 1. The molecule has 0 amide bonds. The topological polar surface area (TPSA) is 62.4 Å². The van der Waals surface area contributed by atoms with Crippen molar-refractivity contribution in [1.29, 1.82) is 0 Å². The first-order chi connectivity index (χ1) is 10.9. The van der Waals surface area contributed by atoms with Crippen LogP contribution in [0.3, 0.4) is 0 Å². The Hall–Kier alpha value is -2.56. The zero-order chi connectivity index (χ0) is 17.1. The number of nitrogens with one attached hydrogen (secondary N) is 1. The number of H-pyrrole nitrogens is 1. The van der Waals surface area contributed by atoms with Crippen molar-refractivity contribution in [2.24, 2.45) is 0 Å². The van der Waals surface area contributed by atoms with Crippen molar-refractivity contribution < 1.29 is 9.53 Å². The number of anilines is 1. The maximum absolute atomic E-state index is 12.5. The van der Waals surface area contributed by atoms with Crippen LogP contribution in [-0.2, 0) is 11.2 Å². The van der Waals surface area contributed by atoms with Crippen molar-refractivity contribution in [3.05, 3.63) is 51.3 Å². The van der Waals surface area contributed by atoms with Crippen LogP contribution in [0.25, 0.3) is 11.3 Å². The van der Waals surface area contributed by atoms with Crippen molar-refractivity contribution in [2.45, 2.75) is 20.3 Å². The number of pyridine rings is 1. The van der Waals surface area contributed by atoms with Gasteiger partial charge in [0.1, 0.15) is 5.56 Å². The zero-order valence-electron chi connectivity index (χ0n) is 14.2. The number of aromatic nitrogens is 1. The first kappa shape index (κ1) is 16.8. The van der Waals surface area contributed by atoms with E-state index in [2.05, 4.69) is 9.72 Å². The summed E-state index contributed by atoms with van der Waals surface area (Å²) in [4.78, 5) is 29.3. The molecule has 122 valence electrons. The van der Waals surface area contributed by atoms with Crippen molar-refractivity contribution in [3.63, 3.8) is 0 Å². The quantitative estimate of drug-likeness (QED) is 0.882. The number of methoxy groups -OCH3 is 1. The summed E-state index contributed by atoms with van der Waals surface area (Å²) in [5.74, 6) is -0.619. The number of carbonyl (C=O) groups is 1. The normalized spacial score (nSPS) is 10.5. The van der Waals surface area contributed by atoms with E-state index in [0.717, 1.165) is 22.5 Å². The molecule has 0 bridgehead atoms. The van der Waals surface area contributed by atoms with Gasteiger partial charge in [-0.2, -0.15) is 0 Å². The third-order valence-corrected chi connectivity index (χ3v) is 3.91. The molecule has 5 heteroatoms. The third-order valence-electron chi connectivity index (χ3n) is 3.91. The van der Waals surface area contributed by atoms with Gasteiger partial charge in [-0.15, -0.1) is 0 Å². The molecule has 0 saturated carbocycles. The summed E-state index contributed by atoms with van der Waals surface area (Å²) in [6.07, 6.45) is 1.96. The van der Waals surface area contributed by atoms with E-state index < -0.39 is 5.97 Å². The van der Waals surface area contributed by atoms with E-state index in [4.69, 9.17) is 0 Å². The van der Waals surface area contributed by atoms with Gasteiger partial charge in [-0.25, -0.2) is 4.79 Å². The van der Waals surface area contributed by atoms with Gasteiger partial charge in [0.15, 0.2) is 5.43 Å². The average molecular weight is 314 g/mol. The molecule has 23 heavy (non-hydrogen) atoms. The molecule has 0 saturated heterocycles. The van der Waals surface area contributed by atoms with Crippen LogP contribution in [0.1, 0.15) is 28.4 Å². The predicted octanol–water partition coefficient (Wildman–Crippen LogP) is 2.77. The summed E-state index contributed by atoms with van der Waals surface area (Å²) in [6, 6.07) is 6.04. The number of aryl methyl sites for hydroxylation is 1. The number of hydrogen-bond donors (Lipinski definition) is 1. The summed E-state index contributed by atoms with van der Waals surface area (Å²) in [5, 5.41) is 0. The molecule has 0 fully saturated rings. The van der Waals surface area contributed by atoms with E-state index in [1.54, 1.807) is 0 Å². The Kier molecular flexibility index (Phi) is 4.89. The van der Waals surface area contributed by atoms with Gasteiger partial charge in [-0.3, -0.25) is 4.79 Å². The van der Waals surface area contributed by atoms with Gasteiger partial charge in [0.25, 0.3) is 0 Å². The summed E-state index contributed by atoms with van der Waals surface area (Å²) in [6.45, 7) is 3.93. The first-order valence-electron chi connectivity index (χ1n) is 7.51. The van der Waals surface area contributed by atoms with Gasteiger partial charge in [0, 0.05) is 31.5 Å². The maximum Gasteiger partial charge on any atom is 0.343 e. The highest BCUT2D eigenvalue weighted by molar-refractivity contribution is 5.89. The monoisotopic (exact) mass is 314 g/mol. The van der Waals surface area contributed by atoms with E-state index in [1.165, 1.54) is 13.3 Å². The second kappa shape index (κ2) is 6.69. The third kappa shape index (κ3) is 3.13. The number of aromatic amines is 1. The molecule has 0 atom stereocenters. The lowest BCUT2D eigenvalue weighted by Gasteiger charge is -2.17. The van der Waals surface area contributed by atoms with Gasteiger partial charge in [-0.05, 0) is 36.6 Å². The Morgan fingerprint density at radius 3 is 2.52 bits per heavy atom. The molecule has 2 aromatic rings. The fraction of sp³-hybridized carbons (Fsp3) is 0.333. The second-order valence-electron chi connectivity index (χ2n) is 5.63. The molecule has 0 aliphatic rings. The molecular formula is C18H22N2O3. The Bertz CT molecular complexity index is 791. The number of benzene rings is 1. The lowest BCUT2D eigenvalue weighted by molar-refractivity contribution is 0.0598. The van der Waals surface area contributed by atoms with Gasteiger partial charge >= 0.3 is 5.97 Å². The van der Waals surface area contributed by atoms with Crippen molar-refractivity contribution in [2.75, 3.05) is 26.1 Å². The minimum absolute atomic E-state index is 0.0368. The largest absolute Gasteiger partial charge is 0.465 e. The summed E-state index contributed by atoms with van der Waals surface area (Å²) >= 11 is 0. The number of hydrogen-bond acceptors (Lipinski definition) is 4. The molecule has 1 aromatic carbocycles. The molecule has 5 nitrogen and oxygen atoms in total. The minimum atomic E-state index is -0.619. The van der Waals surface area contributed by atoms with E-state index in [1.807, 2.05) is 51.0 Å². The predicted molar refractivity (Wildman–Crippen MR) is 92.3 cm³/mol. The van der Waals surface area contributed by atoms with E-state index in [0.29, 0.717) is 12.0 Å². The van der Waals surface area contributed by atoms with E-state index >= 15 is 0 Å². The van der Waals surface area contributed by atoms with Crippen LogP contribution < -0.4 is 10.3 Å². The van der Waals surface area contributed by atoms with E-state index in [-0.39, 0.29) is 11.0 Å². The fourth-order valence-electron chi connectivity index (χ4n) is 2.74. The zero-order valence-corrected chi connectivity index (χ0v) is 14.2. The first-order valence-corrected chi connectivity index (χ1v) is 7.51. The molecule has 2 rings (SSSR count). The molecule has 0 aliphatic carbocycles. The van der Waals surface area contributed by atoms with Crippen LogP contribution in [0.5, 0.6) is 0 Å². The van der Waals surface area contributed by atoms with Crippen LogP contribution in [0.2, 0.25) is 0 Å². The lowest BCUT2D eigenvalue weighted by atomic mass is 9.99. The molecule has 0 aliphatic heterocycles. The Balaban J connectivity index is 2.61. The van der Waals surface area contributed by atoms with Gasteiger partial charge < -0.3 is 14.6 Å². The second-order valence-corrected chi connectivity index (χ2v) is 5.63. The number of rotatable bonds is 4. The van der Waals surface area contributed by atoms with Gasteiger partial charge in [-0.1, -0.05) is 13.0 Å². The highest BCUT2D eigenvalue weighted by Gasteiger charge is 2.17. The summed E-state index contributed by atoms with van der Waals surface area (Å²) in [5.41, 5.74) is 4.27. The molecule has 0 spiro atoms. The molecule has 1 N–H and O–H groups in total. The standard InChI is InChI=1S/C18H22N2O3/c1-6-13-16(19-10-14(17(13)21)18(22)23-5)12-7-8-15(20(3)4)11(2)9-12/h7-10H,6H2,1-5H3,(H,19,21). The van der Waals surface area contributed by atoms with E-state index in [9.17, 15) is 9.59 Å². The summed E-state index contributed by atoms with van der Waals surface area (Å²) < 4.78 is 4.66. The molecule has 0 unspecified atom stereocenters. The highest BCUT2D eigenvalue weighted by Crippen LogP contribution is 2.26. The molecule has 1 heterocycles. The van der Waals surface area contributed by atoms with Gasteiger partial charge in [0.05, 0.1) is 12.8 Å². The highest BCUT2D eigenvalue weighted by atomic mass is 16.5.